The third-order valence-electron chi connectivity index (χ3n) is 3.74. The Kier molecular flexibility index (Phi) is 7.05. The lowest BCUT2D eigenvalue weighted by Crippen LogP contribution is -2.20. The second-order valence-corrected chi connectivity index (χ2v) is 7.83. The van der Waals surface area contributed by atoms with Crippen molar-refractivity contribution in [2.75, 3.05) is 11.9 Å². The smallest absolute Gasteiger partial charge is 0.331 e. The van der Waals surface area contributed by atoms with Gasteiger partial charge >= 0.3 is 5.97 Å². The standard InChI is InChI=1S/C21H21Cl2NO3/c1-21(2,3)15-6-9-17(10-7-15)24-19(25)13-27-20(26)11-5-14-4-8-16(22)12-18(14)23/h4-12H,13H2,1-3H3,(H,24,25)/b11-5+. The molecule has 1 N–H and O–H groups in total. The predicted molar refractivity (Wildman–Crippen MR) is 110 cm³/mol. The van der Waals surface area contributed by atoms with Crippen LogP contribution in [0.4, 0.5) is 5.69 Å². The summed E-state index contributed by atoms with van der Waals surface area (Å²) in [7, 11) is 0. The molecular formula is C21H21Cl2NO3. The molecule has 0 unspecified atom stereocenters. The Bertz CT molecular complexity index is 853. The lowest BCUT2D eigenvalue weighted by molar-refractivity contribution is -0.142. The average molecular weight is 406 g/mol. The molecule has 2 aromatic rings. The van der Waals surface area contributed by atoms with Gasteiger partial charge in [0.05, 0.1) is 0 Å². The van der Waals surface area contributed by atoms with Crippen molar-refractivity contribution in [2.24, 2.45) is 0 Å². The highest BCUT2D eigenvalue weighted by Crippen LogP contribution is 2.23. The Morgan fingerprint density at radius 1 is 1.07 bits per heavy atom. The molecule has 2 aromatic carbocycles. The molecule has 0 atom stereocenters. The van der Waals surface area contributed by atoms with E-state index in [4.69, 9.17) is 27.9 Å². The van der Waals surface area contributed by atoms with Crippen LogP contribution in [-0.2, 0) is 19.7 Å². The van der Waals surface area contributed by atoms with Gasteiger partial charge in [-0.05, 0) is 46.9 Å². The van der Waals surface area contributed by atoms with Gasteiger partial charge in [-0.3, -0.25) is 4.79 Å². The number of carbonyl (C=O) groups is 2. The van der Waals surface area contributed by atoms with Crippen LogP contribution in [0.1, 0.15) is 31.9 Å². The van der Waals surface area contributed by atoms with Crippen molar-refractivity contribution in [2.45, 2.75) is 26.2 Å². The summed E-state index contributed by atoms with van der Waals surface area (Å²) in [6, 6.07) is 12.5. The monoisotopic (exact) mass is 405 g/mol. The van der Waals surface area contributed by atoms with Crippen molar-refractivity contribution >= 4 is 46.8 Å². The summed E-state index contributed by atoms with van der Waals surface area (Å²) < 4.78 is 4.93. The first-order valence-corrected chi connectivity index (χ1v) is 9.11. The summed E-state index contributed by atoms with van der Waals surface area (Å²) in [4.78, 5) is 23.7. The number of hydrogen-bond donors (Lipinski definition) is 1. The van der Waals surface area contributed by atoms with E-state index >= 15 is 0 Å². The van der Waals surface area contributed by atoms with Gasteiger partial charge in [-0.2, -0.15) is 0 Å². The fraction of sp³-hybridized carbons (Fsp3) is 0.238. The van der Waals surface area contributed by atoms with Crippen LogP contribution in [0.3, 0.4) is 0 Å². The van der Waals surface area contributed by atoms with Gasteiger partial charge in [-0.1, -0.05) is 62.2 Å². The molecule has 0 saturated heterocycles. The molecule has 0 aliphatic heterocycles. The molecule has 0 heterocycles. The molecule has 1 amide bonds. The molecule has 0 spiro atoms. The van der Waals surface area contributed by atoms with Gasteiger partial charge in [-0.15, -0.1) is 0 Å². The Balaban J connectivity index is 1.84. The van der Waals surface area contributed by atoms with E-state index in [0.29, 0.717) is 21.3 Å². The van der Waals surface area contributed by atoms with Crippen molar-refractivity contribution in [3.63, 3.8) is 0 Å². The van der Waals surface area contributed by atoms with Crippen LogP contribution in [0.2, 0.25) is 10.0 Å². The third kappa shape index (κ3) is 6.74. The Morgan fingerprint density at radius 2 is 1.74 bits per heavy atom. The van der Waals surface area contributed by atoms with Crippen molar-refractivity contribution in [1.82, 2.24) is 0 Å². The molecule has 6 heteroatoms. The highest BCUT2D eigenvalue weighted by Gasteiger charge is 2.13. The van der Waals surface area contributed by atoms with Gasteiger partial charge in [0.15, 0.2) is 6.61 Å². The fourth-order valence-electron chi connectivity index (χ4n) is 2.23. The second-order valence-electron chi connectivity index (χ2n) is 6.98. The van der Waals surface area contributed by atoms with E-state index in [0.717, 1.165) is 5.56 Å². The van der Waals surface area contributed by atoms with Crippen LogP contribution in [0.5, 0.6) is 0 Å². The zero-order chi connectivity index (χ0) is 20.0. The molecule has 0 aliphatic rings. The zero-order valence-corrected chi connectivity index (χ0v) is 16.9. The number of benzene rings is 2. The maximum atomic E-state index is 11.9. The van der Waals surface area contributed by atoms with Crippen molar-refractivity contribution in [3.05, 3.63) is 69.7 Å². The third-order valence-corrected chi connectivity index (χ3v) is 4.30. The molecule has 0 fully saturated rings. The van der Waals surface area contributed by atoms with Crippen molar-refractivity contribution in [3.8, 4) is 0 Å². The summed E-state index contributed by atoms with van der Waals surface area (Å²) >= 11 is 11.8. The number of rotatable bonds is 5. The highest BCUT2D eigenvalue weighted by atomic mass is 35.5. The van der Waals surface area contributed by atoms with Gasteiger partial charge in [0.1, 0.15) is 0 Å². The number of esters is 1. The fourth-order valence-corrected chi connectivity index (χ4v) is 2.70. The first-order valence-electron chi connectivity index (χ1n) is 8.35. The first-order chi connectivity index (χ1) is 12.6. The molecule has 2 rings (SSSR count). The van der Waals surface area contributed by atoms with Crippen LogP contribution in [0.25, 0.3) is 6.08 Å². The lowest BCUT2D eigenvalue weighted by atomic mass is 9.87. The van der Waals surface area contributed by atoms with E-state index in [1.165, 1.54) is 12.2 Å². The SMILES string of the molecule is CC(C)(C)c1ccc(NC(=O)COC(=O)/C=C/c2ccc(Cl)cc2Cl)cc1. The minimum atomic E-state index is -0.640. The van der Waals surface area contributed by atoms with E-state index in [1.54, 1.807) is 18.2 Å². The molecular weight excluding hydrogens is 385 g/mol. The van der Waals surface area contributed by atoms with E-state index in [1.807, 2.05) is 24.3 Å². The number of carbonyl (C=O) groups excluding carboxylic acids is 2. The van der Waals surface area contributed by atoms with Gasteiger partial charge < -0.3 is 10.1 Å². The van der Waals surface area contributed by atoms with E-state index in [-0.39, 0.29) is 12.0 Å². The van der Waals surface area contributed by atoms with Gasteiger partial charge in [-0.25, -0.2) is 4.79 Å². The van der Waals surface area contributed by atoms with Gasteiger partial charge in [0, 0.05) is 21.8 Å². The van der Waals surface area contributed by atoms with Crippen LogP contribution in [0.15, 0.2) is 48.5 Å². The molecule has 27 heavy (non-hydrogen) atoms. The number of halogens is 2. The van der Waals surface area contributed by atoms with Crippen LogP contribution in [-0.4, -0.2) is 18.5 Å². The summed E-state index contributed by atoms with van der Waals surface area (Å²) in [5, 5.41) is 3.61. The summed E-state index contributed by atoms with van der Waals surface area (Å²) in [6.07, 6.45) is 2.71. The number of anilines is 1. The largest absolute Gasteiger partial charge is 0.452 e. The topological polar surface area (TPSA) is 55.4 Å². The summed E-state index contributed by atoms with van der Waals surface area (Å²) in [6.45, 7) is 5.97. The maximum absolute atomic E-state index is 11.9. The van der Waals surface area contributed by atoms with E-state index < -0.39 is 11.9 Å². The van der Waals surface area contributed by atoms with Crippen molar-refractivity contribution < 1.29 is 14.3 Å². The summed E-state index contributed by atoms with van der Waals surface area (Å²) in [5.74, 6) is -1.05. The minimum absolute atomic E-state index is 0.0391. The molecule has 0 radical (unpaired) electrons. The van der Waals surface area contributed by atoms with Crippen LogP contribution >= 0.6 is 23.2 Å². The number of hydrogen-bond acceptors (Lipinski definition) is 3. The molecule has 0 saturated carbocycles. The molecule has 0 aliphatic carbocycles. The van der Waals surface area contributed by atoms with Gasteiger partial charge in [0.2, 0.25) is 0 Å². The maximum Gasteiger partial charge on any atom is 0.331 e. The predicted octanol–water partition coefficient (Wildman–Crippen LogP) is 5.49. The number of nitrogens with one attached hydrogen (secondary N) is 1. The quantitative estimate of drug-likeness (QED) is 0.528. The van der Waals surface area contributed by atoms with Crippen molar-refractivity contribution in [1.29, 1.82) is 0 Å². The number of ether oxygens (including phenoxy) is 1. The average Bonchev–Trinajstić information content (AvgIpc) is 2.59. The van der Waals surface area contributed by atoms with Crippen LogP contribution in [0, 0.1) is 0 Å². The Hall–Kier alpha value is -2.30. The molecule has 4 nitrogen and oxygen atoms in total. The highest BCUT2D eigenvalue weighted by molar-refractivity contribution is 6.35. The van der Waals surface area contributed by atoms with Gasteiger partial charge in [0.25, 0.3) is 5.91 Å². The number of amides is 1. The Labute approximate surface area is 169 Å². The normalized spacial score (nSPS) is 11.4. The molecule has 142 valence electrons. The molecule has 0 bridgehead atoms. The van der Waals surface area contributed by atoms with E-state index in [2.05, 4.69) is 26.1 Å². The van der Waals surface area contributed by atoms with E-state index in [9.17, 15) is 9.59 Å². The lowest BCUT2D eigenvalue weighted by Gasteiger charge is -2.19. The molecule has 0 aromatic heterocycles. The first kappa shape index (κ1) is 21.0. The Morgan fingerprint density at radius 3 is 2.33 bits per heavy atom. The summed E-state index contributed by atoms with van der Waals surface area (Å²) in [5.41, 5.74) is 2.48. The second kappa shape index (κ2) is 9.07. The zero-order valence-electron chi connectivity index (χ0n) is 15.4. The minimum Gasteiger partial charge on any atom is -0.452 e. The van der Waals surface area contributed by atoms with Crippen LogP contribution < -0.4 is 5.32 Å².